The van der Waals surface area contributed by atoms with Crippen LogP contribution in [0.3, 0.4) is 0 Å². The summed E-state index contributed by atoms with van der Waals surface area (Å²) in [4.78, 5) is 11.0. The van der Waals surface area contributed by atoms with E-state index in [0.29, 0.717) is 12.3 Å². The molecule has 0 aliphatic rings. The van der Waals surface area contributed by atoms with Crippen molar-refractivity contribution in [2.75, 3.05) is 6.54 Å². The first kappa shape index (κ1) is 20.3. The van der Waals surface area contributed by atoms with E-state index in [9.17, 15) is 4.79 Å². The fourth-order valence-electron chi connectivity index (χ4n) is 2.50. The smallest absolute Gasteiger partial charge is 0.335 e. The number of rotatable bonds is 10. The molecule has 0 saturated heterocycles. The summed E-state index contributed by atoms with van der Waals surface area (Å²) in [7, 11) is 0. The van der Waals surface area contributed by atoms with E-state index in [1.807, 2.05) is 18.2 Å². The summed E-state index contributed by atoms with van der Waals surface area (Å²) in [6, 6.07) is 10.6. The standard InChI is InChI=1S/C19H25NO3.ClH/c1-2-3-4-5-6-12-20-14-17-10-11-18(23-17)15-8-7-9-16(13-15)19(21)22;/h7-11,13,20H,2-6,12,14H2,1H3,(H,21,22);1H. The van der Waals surface area contributed by atoms with Crippen molar-refractivity contribution in [3.8, 4) is 11.3 Å². The van der Waals surface area contributed by atoms with Crippen LogP contribution in [0, 0.1) is 0 Å². The molecule has 0 radical (unpaired) electrons. The SMILES string of the molecule is CCCCCCCNCc1ccc(-c2cccc(C(=O)O)c2)o1.Cl. The Morgan fingerprint density at radius 3 is 2.67 bits per heavy atom. The van der Waals surface area contributed by atoms with E-state index in [4.69, 9.17) is 9.52 Å². The molecule has 2 N–H and O–H groups in total. The number of nitrogens with one attached hydrogen (secondary N) is 1. The van der Waals surface area contributed by atoms with Gasteiger partial charge in [-0.2, -0.15) is 0 Å². The van der Waals surface area contributed by atoms with Gasteiger partial charge in [0.05, 0.1) is 12.1 Å². The summed E-state index contributed by atoms with van der Waals surface area (Å²) < 4.78 is 5.79. The second-order valence-electron chi connectivity index (χ2n) is 5.74. The van der Waals surface area contributed by atoms with Crippen molar-refractivity contribution >= 4 is 18.4 Å². The van der Waals surface area contributed by atoms with Crippen LogP contribution >= 0.6 is 12.4 Å². The van der Waals surface area contributed by atoms with E-state index in [2.05, 4.69) is 12.2 Å². The van der Waals surface area contributed by atoms with Crippen LogP contribution in [0.5, 0.6) is 0 Å². The Morgan fingerprint density at radius 2 is 1.92 bits per heavy atom. The summed E-state index contributed by atoms with van der Waals surface area (Å²) >= 11 is 0. The largest absolute Gasteiger partial charge is 0.478 e. The average molecular weight is 352 g/mol. The number of aromatic carboxylic acids is 1. The molecule has 0 amide bonds. The average Bonchev–Trinajstić information content (AvgIpc) is 3.03. The lowest BCUT2D eigenvalue weighted by atomic mass is 10.1. The molecule has 5 heteroatoms. The van der Waals surface area contributed by atoms with Crippen molar-refractivity contribution in [2.24, 2.45) is 0 Å². The van der Waals surface area contributed by atoms with Gasteiger partial charge in [0.2, 0.25) is 0 Å². The number of carbonyl (C=O) groups is 1. The zero-order chi connectivity index (χ0) is 16.5. The van der Waals surface area contributed by atoms with Crippen LogP contribution in [0.4, 0.5) is 0 Å². The topological polar surface area (TPSA) is 62.5 Å². The Bertz CT molecular complexity index is 625. The predicted molar refractivity (Wildman–Crippen MR) is 98.8 cm³/mol. The first-order valence-corrected chi connectivity index (χ1v) is 8.34. The van der Waals surface area contributed by atoms with Crippen molar-refractivity contribution in [3.05, 3.63) is 47.7 Å². The Morgan fingerprint density at radius 1 is 1.12 bits per heavy atom. The predicted octanol–water partition coefficient (Wildman–Crippen LogP) is 5.13. The lowest BCUT2D eigenvalue weighted by Gasteiger charge is -2.03. The van der Waals surface area contributed by atoms with E-state index in [-0.39, 0.29) is 18.0 Å². The van der Waals surface area contributed by atoms with Crippen LogP contribution in [-0.4, -0.2) is 17.6 Å². The molecule has 0 aliphatic heterocycles. The highest BCUT2D eigenvalue weighted by molar-refractivity contribution is 5.89. The second-order valence-corrected chi connectivity index (χ2v) is 5.74. The molecule has 1 heterocycles. The molecule has 0 spiro atoms. The molecule has 132 valence electrons. The third-order valence-corrected chi connectivity index (χ3v) is 3.81. The van der Waals surface area contributed by atoms with Crippen molar-refractivity contribution in [3.63, 3.8) is 0 Å². The van der Waals surface area contributed by atoms with Gasteiger partial charge in [-0.3, -0.25) is 0 Å². The van der Waals surface area contributed by atoms with Gasteiger partial charge in [-0.05, 0) is 37.2 Å². The molecular formula is C19H26ClNO3. The number of carboxylic acids is 1. The van der Waals surface area contributed by atoms with Crippen molar-refractivity contribution in [1.29, 1.82) is 0 Å². The molecule has 0 fully saturated rings. The van der Waals surface area contributed by atoms with E-state index in [1.165, 1.54) is 32.1 Å². The van der Waals surface area contributed by atoms with Crippen LogP contribution in [-0.2, 0) is 6.54 Å². The summed E-state index contributed by atoms with van der Waals surface area (Å²) in [5.41, 5.74) is 1.06. The number of unbranched alkanes of at least 4 members (excludes halogenated alkanes) is 4. The van der Waals surface area contributed by atoms with Gasteiger partial charge in [0, 0.05) is 5.56 Å². The Labute approximate surface area is 149 Å². The number of carboxylic acid groups (broad SMARTS) is 1. The van der Waals surface area contributed by atoms with Gasteiger partial charge < -0.3 is 14.8 Å². The van der Waals surface area contributed by atoms with E-state index in [0.717, 1.165) is 17.9 Å². The second kappa shape index (κ2) is 10.9. The van der Waals surface area contributed by atoms with Gasteiger partial charge >= 0.3 is 5.97 Å². The first-order chi connectivity index (χ1) is 11.2. The molecule has 2 rings (SSSR count). The van der Waals surface area contributed by atoms with Gasteiger partial charge in [0.25, 0.3) is 0 Å². The Balaban J connectivity index is 0.00000288. The molecule has 0 unspecified atom stereocenters. The van der Waals surface area contributed by atoms with Gasteiger partial charge in [-0.25, -0.2) is 4.79 Å². The molecule has 0 bridgehead atoms. The van der Waals surface area contributed by atoms with E-state index >= 15 is 0 Å². The molecule has 0 aliphatic carbocycles. The minimum Gasteiger partial charge on any atom is -0.478 e. The van der Waals surface area contributed by atoms with Gasteiger partial charge in [0.15, 0.2) is 0 Å². The number of benzene rings is 1. The number of hydrogen-bond donors (Lipinski definition) is 2. The fourth-order valence-corrected chi connectivity index (χ4v) is 2.50. The van der Waals surface area contributed by atoms with Crippen LogP contribution in [0.1, 0.15) is 55.1 Å². The lowest BCUT2D eigenvalue weighted by molar-refractivity contribution is 0.0697. The summed E-state index contributed by atoms with van der Waals surface area (Å²) in [6.45, 7) is 3.92. The van der Waals surface area contributed by atoms with Gasteiger partial charge in [-0.15, -0.1) is 12.4 Å². The Hall–Kier alpha value is -1.78. The van der Waals surface area contributed by atoms with E-state index in [1.54, 1.807) is 18.2 Å². The number of hydrogen-bond acceptors (Lipinski definition) is 3. The molecule has 4 nitrogen and oxygen atoms in total. The molecule has 0 saturated carbocycles. The van der Waals surface area contributed by atoms with Crippen molar-refractivity contribution in [1.82, 2.24) is 5.32 Å². The van der Waals surface area contributed by atoms with Gasteiger partial charge in [-0.1, -0.05) is 44.7 Å². The van der Waals surface area contributed by atoms with Crippen molar-refractivity contribution in [2.45, 2.75) is 45.6 Å². The van der Waals surface area contributed by atoms with Crippen LogP contribution < -0.4 is 5.32 Å². The summed E-state index contributed by atoms with van der Waals surface area (Å²) in [6.07, 6.45) is 6.35. The van der Waals surface area contributed by atoms with E-state index < -0.39 is 5.97 Å². The lowest BCUT2D eigenvalue weighted by Crippen LogP contribution is -2.14. The third-order valence-electron chi connectivity index (χ3n) is 3.81. The first-order valence-electron chi connectivity index (χ1n) is 8.34. The van der Waals surface area contributed by atoms with Crippen molar-refractivity contribution < 1.29 is 14.3 Å². The number of furan rings is 1. The maximum absolute atomic E-state index is 11.0. The number of halogens is 1. The van der Waals surface area contributed by atoms with Crippen LogP contribution in [0.2, 0.25) is 0 Å². The highest BCUT2D eigenvalue weighted by atomic mass is 35.5. The highest BCUT2D eigenvalue weighted by Gasteiger charge is 2.08. The summed E-state index contributed by atoms with van der Waals surface area (Å²) in [5.74, 6) is 0.644. The maximum atomic E-state index is 11.0. The monoisotopic (exact) mass is 351 g/mol. The molecule has 0 atom stereocenters. The minimum atomic E-state index is -0.927. The molecule has 1 aromatic heterocycles. The quantitative estimate of drug-likeness (QED) is 0.583. The van der Waals surface area contributed by atoms with Crippen LogP contribution in [0.15, 0.2) is 40.8 Å². The molecular weight excluding hydrogens is 326 g/mol. The molecule has 1 aromatic carbocycles. The summed E-state index contributed by atoms with van der Waals surface area (Å²) in [5, 5.41) is 12.4. The highest BCUT2D eigenvalue weighted by Crippen LogP contribution is 2.23. The van der Waals surface area contributed by atoms with Crippen LogP contribution in [0.25, 0.3) is 11.3 Å². The maximum Gasteiger partial charge on any atom is 0.335 e. The van der Waals surface area contributed by atoms with Gasteiger partial charge in [0.1, 0.15) is 11.5 Å². The molecule has 2 aromatic rings. The fraction of sp³-hybridized carbons (Fsp3) is 0.421. The molecule has 24 heavy (non-hydrogen) atoms. The normalized spacial score (nSPS) is 10.4. The third kappa shape index (κ3) is 6.38. The zero-order valence-corrected chi connectivity index (χ0v) is 14.9. The Kier molecular flexibility index (Phi) is 9.20. The zero-order valence-electron chi connectivity index (χ0n) is 14.1. The minimum absolute atomic E-state index is 0.